The highest BCUT2D eigenvalue weighted by molar-refractivity contribution is 5.98. The van der Waals surface area contributed by atoms with Crippen LogP contribution >= 0.6 is 0 Å². The summed E-state index contributed by atoms with van der Waals surface area (Å²) in [6.45, 7) is 5.78. The Morgan fingerprint density at radius 3 is 2.32 bits per heavy atom. The molecular weight excluding hydrogens is 286 g/mol. The summed E-state index contributed by atoms with van der Waals surface area (Å²) in [5.41, 5.74) is -0.0955. The highest BCUT2D eigenvalue weighted by Crippen LogP contribution is 2.44. The molecule has 4 unspecified atom stereocenters. The second-order valence-electron chi connectivity index (χ2n) is 6.73. The molecule has 0 spiro atoms. The Hall–Kier alpha value is -1.79. The molecule has 6 nitrogen and oxygen atoms in total. The van der Waals surface area contributed by atoms with E-state index < -0.39 is 23.0 Å². The molecule has 0 radical (unpaired) electrons. The SMILES string of the molecule is CC1C(O)C(C(=O)c2ccc([N+](=O)[O-])cc2)C(O)CC1(C)C. The normalized spacial score (nSPS) is 30.8. The molecule has 0 amide bonds. The number of carbonyl (C=O) groups is 1. The molecule has 4 atom stereocenters. The van der Waals surface area contributed by atoms with Gasteiger partial charge in [0.2, 0.25) is 0 Å². The largest absolute Gasteiger partial charge is 0.392 e. The Kier molecular flexibility index (Phi) is 4.35. The summed E-state index contributed by atoms with van der Waals surface area (Å²) in [5, 5.41) is 31.4. The number of ketones is 1. The molecule has 2 N–H and O–H groups in total. The first kappa shape index (κ1) is 16.6. The Bertz CT molecular complexity index is 581. The lowest BCUT2D eigenvalue weighted by atomic mass is 9.62. The minimum atomic E-state index is -0.943. The zero-order valence-electron chi connectivity index (χ0n) is 12.9. The second kappa shape index (κ2) is 5.78. The molecule has 1 aromatic carbocycles. The molecule has 0 aromatic heterocycles. The molecule has 0 bridgehead atoms. The van der Waals surface area contributed by atoms with Gasteiger partial charge in [-0.2, -0.15) is 0 Å². The van der Waals surface area contributed by atoms with Gasteiger partial charge in [-0.15, -0.1) is 0 Å². The van der Waals surface area contributed by atoms with E-state index in [1.165, 1.54) is 24.3 Å². The molecule has 0 heterocycles. The molecule has 1 aliphatic carbocycles. The number of nitrogens with zero attached hydrogens (tertiary/aromatic N) is 1. The van der Waals surface area contributed by atoms with Gasteiger partial charge in [0.1, 0.15) is 0 Å². The van der Waals surface area contributed by atoms with Crippen molar-refractivity contribution in [3.05, 3.63) is 39.9 Å². The van der Waals surface area contributed by atoms with Gasteiger partial charge in [0, 0.05) is 17.7 Å². The molecule has 1 aliphatic rings. The van der Waals surface area contributed by atoms with Crippen LogP contribution in [-0.2, 0) is 0 Å². The van der Waals surface area contributed by atoms with Crippen molar-refractivity contribution < 1.29 is 19.9 Å². The number of hydrogen-bond donors (Lipinski definition) is 2. The lowest BCUT2D eigenvalue weighted by molar-refractivity contribution is -0.384. The third-order valence-electron chi connectivity index (χ3n) is 4.93. The first-order chi connectivity index (χ1) is 10.1. The molecule has 0 saturated heterocycles. The van der Waals surface area contributed by atoms with Crippen LogP contribution in [0.5, 0.6) is 0 Å². The Labute approximate surface area is 128 Å². The fourth-order valence-electron chi connectivity index (χ4n) is 3.12. The molecule has 22 heavy (non-hydrogen) atoms. The van der Waals surface area contributed by atoms with Crippen LogP contribution in [0.15, 0.2) is 24.3 Å². The van der Waals surface area contributed by atoms with Crippen LogP contribution in [-0.4, -0.2) is 33.1 Å². The van der Waals surface area contributed by atoms with Gasteiger partial charge in [-0.25, -0.2) is 0 Å². The predicted octanol–water partition coefficient (Wildman–Crippen LogP) is 2.18. The molecule has 1 aromatic rings. The predicted molar refractivity (Wildman–Crippen MR) is 80.5 cm³/mol. The zero-order chi connectivity index (χ0) is 16.7. The summed E-state index contributed by atoms with van der Waals surface area (Å²) in [6, 6.07) is 5.24. The van der Waals surface area contributed by atoms with Crippen molar-refractivity contribution in [2.75, 3.05) is 0 Å². The third kappa shape index (κ3) is 2.89. The number of hydrogen-bond acceptors (Lipinski definition) is 5. The molecule has 2 rings (SSSR count). The molecule has 120 valence electrons. The number of aliphatic hydroxyl groups excluding tert-OH is 2. The van der Waals surface area contributed by atoms with Gasteiger partial charge < -0.3 is 10.2 Å². The minimum absolute atomic E-state index is 0.101. The number of nitro groups is 1. The van der Waals surface area contributed by atoms with Gasteiger partial charge in [-0.1, -0.05) is 20.8 Å². The zero-order valence-corrected chi connectivity index (χ0v) is 12.9. The summed E-state index contributed by atoms with van der Waals surface area (Å²) in [5.74, 6) is -1.41. The Balaban J connectivity index is 2.26. The van der Waals surface area contributed by atoms with Gasteiger partial charge in [0.25, 0.3) is 5.69 Å². The number of non-ortho nitro benzene ring substituents is 1. The van der Waals surface area contributed by atoms with Crippen molar-refractivity contribution in [2.24, 2.45) is 17.3 Å². The van der Waals surface area contributed by atoms with Gasteiger partial charge >= 0.3 is 0 Å². The number of aliphatic hydroxyl groups is 2. The van der Waals surface area contributed by atoms with Crippen molar-refractivity contribution in [1.82, 2.24) is 0 Å². The summed E-state index contributed by atoms with van der Waals surface area (Å²) >= 11 is 0. The lowest BCUT2D eigenvalue weighted by Crippen LogP contribution is -2.52. The van der Waals surface area contributed by atoms with Crippen LogP contribution in [0.2, 0.25) is 0 Å². The molecular formula is C16H21NO5. The Morgan fingerprint density at radius 1 is 1.27 bits per heavy atom. The van der Waals surface area contributed by atoms with Crippen LogP contribution < -0.4 is 0 Å². The van der Waals surface area contributed by atoms with E-state index in [1.54, 1.807) is 0 Å². The maximum Gasteiger partial charge on any atom is 0.269 e. The van der Waals surface area contributed by atoms with Crippen LogP contribution in [0.4, 0.5) is 5.69 Å². The number of carbonyl (C=O) groups excluding carboxylic acids is 1. The van der Waals surface area contributed by atoms with Gasteiger partial charge in [0.15, 0.2) is 5.78 Å². The van der Waals surface area contributed by atoms with E-state index in [4.69, 9.17) is 0 Å². The number of rotatable bonds is 3. The highest BCUT2D eigenvalue weighted by atomic mass is 16.6. The van der Waals surface area contributed by atoms with E-state index in [2.05, 4.69) is 0 Å². The molecule has 1 saturated carbocycles. The number of Topliss-reactive ketones (excluding diaryl/α,β-unsaturated/α-hetero) is 1. The van der Waals surface area contributed by atoms with Gasteiger partial charge in [0.05, 0.1) is 23.0 Å². The minimum Gasteiger partial charge on any atom is -0.392 e. The monoisotopic (exact) mass is 307 g/mol. The maximum absolute atomic E-state index is 12.6. The quantitative estimate of drug-likeness (QED) is 0.506. The van der Waals surface area contributed by atoms with Gasteiger partial charge in [-0.3, -0.25) is 14.9 Å². The van der Waals surface area contributed by atoms with E-state index in [0.717, 1.165) is 0 Å². The molecule has 6 heteroatoms. The fourth-order valence-corrected chi connectivity index (χ4v) is 3.12. The first-order valence-corrected chi connectivity index (χ1v) is 7.30. The smallest absolute Gasteiger partial charge is 0.269 e. The summed E-state index contributed by atoms with van der Waals surface area (Å²) in [7, 11) is 0. The van der Waals surface area contributed by atoms with Crippen molar-refractivity contribution >= 4 is 11.5 Å². The van der Waals surface area contributed by atoms with Crippen LogP contribution in [0.1, 0.15) is 37.6 Å². The average Bonchev–Trinajstić information content (AvgIpc) is 2.44. The number of benzene rings is 1. The Morgan fingerprint density at radius 2 is 1.82 bits per heavy atom. The first-order valence-electron chi connectivity index (χ1n) is 7.30. The maximum atomic E-state index is 12.6. The molecule has 1 fully saturated rings. The van der Waals surface area contributed by atoms with Crippen LogP contribution in [0.3, 0.4) is 0 Å². The standard InChI is InChI=1S/C16H21NO5/c1-9-14(19)13(12(18)8-16(9,2)3)15(20)10-4-6-11(7-5-10)17(21)22/h4-7,9,12-14,18-19H,8H2,1-3H3. The highest BCUT2D eigenvalue weighted by Gasteiger charge is 2.48. The summed E-state index contributed by atoms with van der Waals surface area (Å²) in [6.07, 6.45) is -1.44. The third-order valence-corrected chi connectivity index (χ3v) is 4.93. The van der Waals surface area contributed by atoms with Gasteiger partial charge in [-0.05, 0) is 29.9 Å². The topological polar surface area (TPSA) is 101 Å². The van der Waals surface area contributed by atoms with E-state index in [-0.39, 0.29) is 28.4 Å². The van der Waals surface area contributed by atoms with Crippen molar-refractivity contribution in [1.29, 1.82) is 0 Å². The lowest BCUT2D eigenvalue weighted by Gasteiger charge is -2.46. The van der Waals surface area contributed by atoms with Crippen molar-refractivity contribution in [3.63, 3.8) is 0 Å². The van der Waals surface area contributed by atoms with E-state index in [1.807, 2.05) is 20.8 Å². The van der Waals surface area contributed by atoms with E-state index >= 15 is 0 Å². The van der Waals surface area contributed by atoms with Crippen molar-refractivity contribution in [2.45, 2.75) is 39.4 Å². The van der Waals surface area contributed by atoms with Crippen molar-refractivity contribution in [3.8, 4) is 0 Å². The van der Waals surface area contributed by atoms with Crippen LogP contribution in [0.25, 0.3) is 0 Å². The molecule has 0 aliphatic heterocycles. The summed E-state index contributed by atoms with van der Waals surface area (Å²) < 4.78 is 0. The number of nitro benzene ring substituents is 1. The average molecular weight is 307 g/mol. The second-order valence-corrected chi connectivity index (χ2v) is 6.73. The van der Waals surface area contributed by atoms with E-state index in [9.17, 15) is 25.1 Å². The van der Waals surface area contributed by atoms with Crippen LogP contribution in [0, 0.1) is 27.4 Å². The van der Waals surface area contributed by atoms with E-state index in [0.29, 0.717) is 6.42 Å². The summed E-state index contributed by atoms with van der Waals surface area (Å²) in [4.78, 5) is 22.7. The fraction of sp³-hybridized carbons (Fsp3) is 0.562.